The molecule has 10 heteroatoms. The van der Waals surface area contributed by atoms with E-state index in [9.17, 15) is 22.8 Å². The number of piperazine rings is 1. The van der Waals surface area contributed by atoms with Crippen LogP contribution >= 0.6 is 23.2 Å². The van der Waals surface area contributed by atoms with Gasteiger partial charge in [-0.1, -0.05) is 29.3 Å². The molecule has 0 spiro atoms. The normalized spacial score (nSPS) is 23.5. The Labute approximate surface area is 189 Å². The van der Waals surface area contributed by atoms with Gasteiger partial charge in [0.25, 0.3) is 0 Å². The molecule has 0 aromatic heterocycles. The van der Waals surface area contributed by atoms with Crippen molar-refractivity contribution in [2.75, 3.05) is 13.1 Å². The second kappa shape index (κ2) is 8.03. The third kappa shape index (κ3) is 4.75. The molecule has 1 saturated heterocycles. The van der Waals surface area contributed by atoms with Crippen LogP contribution in [0, 0.1) is 5.41 Å². The van der Waals surface area contributed by atoms with Gasteiger partial charge >= 0.3 is 12.3 Å². The lowest BCUT2D eigenvalue weighted by atomic mass is 9.96. The highest BCUT2D eigenvalue weighted by atomic mass is 35.5. The zero-order valence-corrected chi connectivity index (χ0v) is 19.2. The number of hydrogen-bond donors (Lipinski definition) is 0. The molecular weight excluding hydrogens is 456 g/mol. The van der Waals surface area contributed by atoms with Crippen molar-refractivity contribution in [2.45, 2.75) is 64.4 Å². The van der Waals surface area contributed by atoms with E-state index in [0.29, 0.717) is 10.6 Å². The van der Waals surface area contributed by atoms with Crippen molar-refractivity contribution in [3.05, 3.63) is 33.8 Å². The van der Waals surface area contributed by atoms with Gasteiger partial charge in [0.05, 0.1) is 16.1 Å². The summed E-state index contributed by atoms with van der Waals surface area (Å²) in [7, 11) is 0. The standard InChI is InChI=1S/C21H25Cl2F3N2O3/c1-12-10-28(18(30)31-19(2,3)4)16(13-5-6-14(22)15(23)9-13)11-27(12)17(29)20(7-8-20)21(24,25)26/h5-6,9,12,16H,7-8,10-11H2,1-4H3/t12-,16-/m1/s1. The Morgan fingerprint density at radius 2 is 1.68 bits per heavy atom. The molecule has 1 aliphatic carbocycles. The number of hydrogen-bond acceptors (Lipinski definition) is 3. The largest absolute Gasteiger partial charge is 0.444 e. The van der Waals surface area contributed by atoms with Gasteiger partial charge in [-0.2, -0.15) is 13.2 Å². The molecule has 0 bridgehead atoms. The van der Waals surface area contributed by atoms with Gasteiger partial charge in [0.15, 0.2) is 0 Å². The van der Waals surface area contributed by atoms with Crippen LogP contribution in [0.25, 0.3) is 0 Å². The summed E-state index contributed by atoms with van der Waals surface area (Å²) in [4.78, 5) is 28.5. The maximum Gasteiger partial charge on any atom is 0.410 e. The summed E-state index contributed by atoms with van der Waals surface area (Å²) in [6.45, 7) is 6.73. The maximum absolute atomic E-state index is 13.6. The van der Waals surface area contributed by atoms with Gasteiger partial charge in [0.2, 0.25) is 5.91 Å². The van der Waals surface area contributed by atoms with Crippen molar-refractivity contribution in [1.29, 1.82) is 0 Å². The third-order valence-electron chi connectivity index (χ3n) is 5.66. The Kier molecular flexibility index (Phi) is 6.21. The van der Waals surface area contributed by atoms with Crippen molar-refractivity contribution < 1.29 is 27.5 Å². The van der Waals surface area contributed by atoms with Crippen LogP contribution in [-0.4, -0.2) is 52.7 Å². The summed E-state index contributed by atoms with van der Waals surface area (Å²) in [5.41, 5.74) is -2.52. The molecule has 1 aliphatic heterocycles. The summed E-state index contributed by atoms with van der Waals surface area (Å²) in [5.74, 6) is -0.943. The molecule has 3 rings (SSSR count). The Bertz CT molecular complexity index is 882. The molecule has 1 saturated carbocycles. The maximum atomic E-state index is 13.6. The van der Waals surface area contributed by atoms with Crippen molar-refractivity contribution in [2.24, 2.45) is 5.41 Å². The van der Waals surface area contributed by atoms with Crippen molar-refractivity contribution >= 4 is 35.2 Å². The van der Waals surface area contributed by atoms with Crippen LogP contribution in [0.4, 0.5) is 18.0 Å². The van der Waals surface area contributed by atoms with Gasteiger partial charge in [-0.15, -0.1) is 0 Å². The van der Waals surface area contributed by atoms with Crippen LogP contribution in [0.3, 0.4) is 0 Å². The number of rotatable bonds is 2. The highest BCUT2D eigenvalue weighted by Crippen LogP contribution is 2.59. The SMILES string of the molecule is C[C@@H]1CN(C(=O)OC(C)(C)C)[C@@H](c2ccc(Cl)c(Cl)c2)CN1C(=O)C1(C(F)(F)F)CC1. The molecule has 172 valence electrons. The highest BCUT2D eigenvalue weighted by Gasteiger charge is 2.70. The Morgan fingerprint density at radius 3 is 2.16 bits per heavy atom. The summed E-state index contributed by atoms with van der Waals surface area (Å²) in [6.07, 6.45) is -5.65. The van der Waals surface area contributed by atoms with Gasteiger partial charge in [-0.25, -0.2) is 4.79 Å². The quantitative estimate of drug-likeness (QED) is 0.533. The van der Waals surface area contributed by atoms with Gasteiger partial charge < -0.3 is 9.64 Å². The second-order valence-corrected chi connectivity index (χ2v) is 10.0. The first-order chi connectivity index (χ1) is 14.2. The second-order valence-electron chi connectivity index (χ2n) is 9.21. The van der Waals surface area contributed by atoms with Crippen LogP contribution in [0.15, 0.2) is 18.2 Å². The summed E-state index contributed by atoms with van der Waals surface area (Å²) in [6, 6.07) is 3.41. The van der Waals surface area contributed by atoms with Gasteiger partial charge in [-0.05, 0) is 58.2 Å². The lowest BCUT2D eigenvalue weighted by Gasteiger charge is -2.46. The van der Waals surface area contributed by atoms with E-state index in [1.54, 1.807) is 45.9 Å². The number of ether oxygens (including phenoxy) is 1. The monoisotopic (exact) mass is 480 g/mol. The highest BCUT2D eigenvalue weighted by molar-refractivity contribution is 6.42. The number of nitrogens with zero attached hydrogens (tertiary/aromatic N) is 2. The minimum absolute atomic E-state index is 0.0273. The van der Waals surface area contributed by atoms with E-state index < -0.39 is 41.3 Å². The first-order valence-corrected chi connectivity index (χ1v) is 10.7. The molecule has 5 nitrogen and oxygen atoms in total. The molecular formula is C21H25Cl2F3N2O3. The number of halogens is 5. The molecule has 2 aliphatic rings. The van der Waals surface area contributed by atoms with Crippen LogP contribution in [0.2, 0.25) is 10.0 Å². The first kappa shape index (κ1) is 24.0. The molecule has 2 amide bonds. The molecule has 0 radical (unpaired) electrons. The molecule has 1 aromatic carbocycles. The van der Waals surface area contributed by atoms with E-state index in [1.165, 1.54) is 9.80 Å². The Balaban J connectivity index is 1.95. The number of alkyl halides is 3. The summed E-state index contributed by atoms with van der Waals surface area (Å²) >= 11 is 12.1. The smallest absolute Gasteiger partial charge is 0.410 e. The van der Waals surface area contributed by atoms with Crippen molar-refractivity contribution in [1.82, 2.24) is 9.80 Å². The van der Waals surface area contributed by atoms with Crippen molar-refractivity contribution in [3.8, 4) is 0 Å². The van der Waals surface area contributed by atoms with Crippen molar-refractivity contribution in [3.63, 3.8) is 0 Å². The van der Waals surface area contributed by atoms with Crippen LogP contribution < -0.4 is 0 Å². The van der Waals surface area contributed by atoms with E-state index in [1.807, 2.05) is 0 Å². The summed E-state index contributed by atoms with van der Waals surface area (Å²) in [5, 5.41) is 0.550. The van der Waals surface area contributed by atoms with Crippen LogP contribution in [-0.2, 0) is 9.53 Å². The summed E-state index contributed by atoms with van der Waals surface area (Å²) < 4.78 is 46.2. The fraction of sp³-hybridized carbons (Fsp3) is 0.619. The minimum Gasteiger partial charge on any atom is -0.444 e. The molecule has 0 N–H and O–H groups in total. The number of amides is 2. The average Bonchev–Trinajstić information content (AvgIpc) is 3.44. The Hall–Kier alpha value is -1.67. The zero-order valence-electron chi connectivity index (χ0n) is 17.7. The van der Waals surface area contributed by atoms with E-state index in [-0.39, 0.29) is 31.0 Å². The molecule has 1 heterocycles. The number of benzene rings is 1. The van der Waals surface area contributed by atoms with E-state index in [0.717, 1.165) is 0 Å². The lowest BCUT2D eigenvalue weighted by molar-refractivity contribution is -0.201. The van der Waals surface area contributed by atoms with E-state index in [4.69, 9.17) is 27.9 Å². The first-order valence-electron chi connectivity index (χ1n) is 9.99. The van der Waals surface area contributed by atoms with E-state index in [2.05, 4.69) is 0 Å². The fourth-order valence-electron chi connectivity index (χ4n) is 3.80. The minimum atomic E-state index is -4.61. The number of carbonyl (C=O) groups is 2. The van der Waals surface area contributed by atoms with Gasteiger partial charge in [-0.3, -0.25) is 9.69 Å². The fourth-order valence-corrected chi connectivity index (χ4v) is 4.11. The van der Waals surface area contributed by atoms with Crippen LogP contribution in [0.5, 0.6) is 0 Å². The molecule has 2 atom stereocenters. The lowest BCUT2D eigenvalue weighted by Crippen LogP contribution is -2.59. The van der Waals surface area contributed by atoms with Crippen LogP contribution in [0.1, 0.15) is 52.1 Å². The average molecular weight is 481 g/mol. The predicted molar refractivity (Wildman–Crippen MR) is 111 cm³/mol. The number of carbonyl (C=O) groups excluding carboxylic acids is 2. The molecule has 1 aromatic rings. The topological polar surface area (TPSA) is 49.9 Å². The predicted octanol–water partition coefficient (Wildman–Crippen LogP) is 5.84. The third-order valence-corrected chi connectivity index (χ3v) is 6.40. The Morgan fingerprint density at radius 1 is 1.06 bits per heavy atom. The molecule has 31 heavy (non-hydrogen) atoms. The van der Waals surface area contributed by atoms with E-state index >= 15 is 0 Å². The molecule has 2 fully saturated rings. The molecule has 0 unspecified atom stereocenters. The zero-order chi connectivity index (χ0) is 23.4. The van der Waals surface area contributed by atoms with Gasteiger partial charge in [0.1, 0.15) is 11.0 Å². The van der Waals surface area contributed by atoms with Gasteiger partial charge in [0, 0.05) is 19.1 Å².